The summed E-state index contributed by atoms with van der Waals surface area (Å²) in [5, 5.41) is 9.29. The van der Waals surface area contributed by atoms with E-state index >= 15 is 0 Å². The number of benzene rings is 1. The van der Waals surface area contributed by atoms with Gasteiger partial charge in [-0.25, -0.2) is 4.39 Å². The van der Waals surface area contributed by atoms with Gasteiger partial charge in [0.1, 0.15) is 0 Å². The molecule has 1 unspecified atom stereocenters. The lowest BCUT2D eigenvalue weighted by atomic mass is 9.95. The number of phenolic OH excluding ortho intramolecular Hbond substituents is 1. The van der Waals surface area contributed by atoms with Gasteiger partial charge in [-0.3, -0.25) is 0 Å². The van der Waals surface area contributed by atoms with Crippen molar-refractivity contribution in [2.45, 2.75) is 26.2 Å². The molecule has 0 aromatic heterocycles. The minimum Gasteiger partial charge on any atom is -0.505 e. The van der Waals surface area contributed by atoms with E-state index in [0.717, 1.165) is 12.0 Å². The zero-order chi connectivity index (χ0) is 10.7. The highest BCUT2D eigenvalue weighted by Gasteiger charge is 2.14. The van der Waals surface area contributed by atoms with Crippen LogP contribution in [0.25, 0.3) is 0 Å². The zero-order valence-electron chi connectivity index (χ0n) is 8.55. The van der Waals surface area contributed by atoms with Crippen LogP contribution in [0, 0.1) is 12.7 Å². The van der Waals surface area contributed by atoms with Crippen LogP contribution in [0.3, 0.4) is 0 Å². The van der Waals surface area contributed by atoms with Gasteiger partial charge in [0.15, 0.2) is 11.6 Å². The molecule has 0 bridgehead atoms. The van der Waals surface area contributed by atoms with Gasteiger partial charge in [-0.15, -0.1) is 0 Å². The van der Waals surface area contributed by atoms with E-state index in [4.69, 9.17) is 5.73 Å². The first-order valence-corrected chi connectivity index (χ1v) is 4.75. The quantitative estimate of drug-likeness (QED) is 0.781. The molecule has 78 valence electrons. The molecule has 1 aromatic rings. The monoisotopic (exact) mass is 197 g/mol. The van der Waals surface area contributed by atoms with Crippen LogP contribution in [0.4, 0.5) is 4.39 Å². The maximum Gasteiger partial charge on any atom is 0.168 e. The molecular weight excluding hydrogens is 181 g/mol. The first-order valence-electron chi connectivity index (χ1n) is 4.75. The number of halogens is 1. The number of phenols is 1. The zero-order valence-corrected chi connectivity index (χ0v) is 8.55. The Morgan fingerprint density at radius 1 is 1.50 bits per heavy atom. The van der Waals surface area contributed by atoms with Gasteiger partial charge in [0, 0.05) is 0 Å². The highest BCUT2D eigenvalue weighted by molar-refractivity contribution is 5.36. The third-order valence-corrected chi connectivity index (χ3v) is 2.36. The number of nitrogens with two attached hydrogens (primary N) is 1. The third-order valence-electron chi connectivity index (χ3n) is 2.36. The summed E-state index contributed by atoms with van der Waals surface area (Å²) < 4.78 is 13.5. The Kier molecular flexibility index (Phi) is 3.47. The second-order valence-corrected chi connectivity index (χ2v) is 3.67. The van der Waals surface area contributed by atoms with Gasteiger partial charge in [-0.1, -0.05) is 13.0 Å². The maximum absolute atomic E-state index is 13.5. The fourth-order valence-electron chi connectivity index (χ4n) is 1.54. The molecule has 0 fully saturated rings. The summed E-state index contributed by atoms with van der Waals surface area (Å²) in [6.07, 6.45) is 0.722. The van der Waals surface area contributed by atoms with Crippen LogP contribution in [0.2, 0.25) is 0 Å². The predicted molar refractivity (Wildman–Crippen MR) is 54.9 cm³/mol. The molecule has 14 heavy (non-hydrogen) atoms. The van der Waals surface area contributed by atoms with Crippen molar-refractivity contribution < 1.29 is 9.50 Å². The smallest absolute Gasteiger partial charge is 0.168 e. The first-order chi connectivity index (χ1) is 6.56. The highest BCUT2D eigenvalue weighted by atomic mass is 19.1. The van der Waals surface area contributed by atoms with Crippen molar-refractivity contribution in [3.8, 4) is 5.75 Å². The summed E-state index contributed by atoms with van der Waals surface area (Å²) in [4.78, 5) is 0. The van der Waals surface area contributed by atoms with Crippen molar-refractivity contribution in [3.05, 3.63) is 29.1 Å². The number of rotatable bonds is 3. The van der Waals surface area contributed by atoms with Gasteiger partial charge in [-0.05, 0) is 43.0 Å². The molecule has 0 radical (unpaired) electrons. The normalized spacial score (nSPS) is 12.9. The van der Waals surface area contributed by atoms with Crippen LogP contribution in [0.5, 0.6) is 5.75 Å². The number of hydrogen-bond donors (Lipinski definition) is 2. The van der Waals surface area contributed by atoms with Gasteiger partial charge < -0.3 is 10.8 Å². The van der Waals surface area contributed by atoms with Crippen molar-refractivity contribution in [3.63, 3.8) is 0 Å². The van der Waals surface area contributed by atoms with Crippen LogP contribution in [-0.2, 0) is 0 Å². The van der Waals surface area contributed by atoms with E-state index in [9.17, 15) is 9.50 Å². The second-order valence-electron chi connectivity index (χ2n) is 3.67. The van der Waals surface area contributed by atoms with Crippen LogP contribution in [0.15, 0.2) is 12.1 Å². The van der Waals surface area contributed by atoms with E-state index in [1.807, 2.05) is 13.8 Å². The number of aryl methyl sites for hydroxylation is 1. The molecule has 0 aliphatic heterocycles. The topological polar surface area (TPSA) is 46.2 Å². The SMILES string of the molecule is Cc1cc(O)c(F)c(C(C)CCN)c1. The van der Waals surface area contributed by atoms with E-state index in [1.165, 1.54) is 6.07 Å². The molecule has 1 atom stereocenters. The van der Waals surface area contributed by atoms with Crippen molar-refractivity contribution >= 4 is 0 Å². The molecule has 1 rings (SSSR count). The van der Waals surface area contributed by atoms with E-state index in [1.54, 1.807) is 6.07 Å². The molecule has 0 heterocycles. The Labute approximate surface area is 83.6 Å². The molecule has 0 saturated carbocycles. The van der Waals surface area contributed by atoms with Gasteiger partial charge >= 0.3 is 0 Å². The lowest BCUT2D eigenvalue weighted by Gasteiger charge is -2.13. The summed E-state index contributed by atoms with van der Waals surface area (Å²) in [7, 11) is 0. The van der Waals surface area contributed by atoms with E-state index in [-0.39, 0.29) is 11.7 Å². The molecule has 0 spiro atoms. The molecule has 3 N–H and O–H groups in total. The summed E-state index contributed by atoms with van der Waals surface area (Å²) >= 11 is 0. The largest absolute Gasteiger partial charge is 0.505 e. The molecule has 0 amide bonds. The Hall–Kier alpha value is -1.09. The van der Waals surface area contributed by atoms with Crippen molar-refractivity contribution in [2.75, 3.05) is 6.54 Å². The van der Waals surface area contributed by atoms with Crippen molar-refractivity contribution in [1.29, 1.82) is 0 Å². The van der Waals surface area contributed by atoms with E-state index < -0.39 is 5.82 Å². The predicted octanol–water partition coefficient (Wildman–Crippen LogP) is 2.29. The summed E-state index contributed by atoms with van der Waals surface area (Å²) in [5.41, 5.74) is 6.82. The van der Waals surface area contributed by atoms with Crippen molar-refractivity contribution in [2.24, 2.45) is 5.73 Å². The molecule has 1 aromatic carbocycles. The van der Waals surface area contributed by atoms with E-state index in [2.05, 4.69) is 0 Å². The Morgan fingerprint density at radius 2 is 2.14 bits per heavy atom. The highest BCUT2D eigenvalue weighted by Crippen LogP contribution is 2.28. The molecule has 0 aliphatic carbocycles. The molecular formula is C11H16FNO. The lowest BCUT2D eigenvalue weighted by molar-refractivity contribution is 0.424. The Balaban J connectivity index is 3.07. The summed E-state index contributed by atoms with van der Waals surface area (Å²) in [6, 6.07) is 3.18. The Bertz CT molecular complexity index is 325. The van der Waals surface area contributed by atoms with E-state index in [0.29, 0.717) is 12.1 Å². The molecule has 0 aliphatic rings. The van der Waals surface area contributed by atoms with Gasteiger partial charge in [0.2, 0.25) is 0 Å². The van der Waals surface area contributed by atoms with Crippen molar-refractivity contribution in [1.82, 2.24) is 0 Å². The molecule has 2 nitrogen and oxygen atoms in total. The second kappa shape index (κ2) is 4.42. The average molecular weight is 197 g/mol. The molecule has 3 heteroatoms. The van der Waals surface area contributed by atoms with Gasteiger partial charge in [0.05, 0.1) is 0 Å². The number of hydrogen-bond acceptors (Lipinski definition) is 2. The van der Waals surface area contributed by atoms with Crippen LogP contribution < -0.4 is 5.73 Å². The fourth-order valence-corrected chi connectivity index (χ4v) is 1.54. The standard InChI is InChI=1S/C11H16FNO/c1-7-5-9(8(2)3-4-13)11(12)10(14)6-7/h5-6,8,14H,3-4,13H2,1-2H3. The van der Waals surface area contributed by atoms with Gasteiger partial charge in [-0.2, -0.15) is 0 Å². The maximum atomic E-state index is 13.5. The lowest BCUT2D eigenvalue weighted by Crippen LogP contribution is -2.06. The minimum atomic E-state index is -0.517. The van der Waals surface area contributed by atoms with Crippen LogP contribution in [0.1, 0.15) is 30.4 Å². The van der Waals surface area contributed by atoms with Crippen LogP contribution >= 0.6 is 0 Å². The summed E-state index contributed by atoms with van der Waals surface area (Å²) in [6.45, 7) is 4.26. The number of aromatic hydroxyl groups is 1. The van der Waals surface area contributed by atoms with Crippen LogP contribution in [-0.4, -0.2) is 11.7 Å². The summed E-state index contributed by atoms with van der Waals surface area (Å²) in [5.74, 6) is -0.744. The Morgan fingerprint density at radius 3 is 2.71 bits per heavy atom. The average Bonchev–Trinajstić information content (AvgIpc) is 2.11. The first kappa shape index (κ1) is 11.0. The third kappa shape index (κ3) is 2.23. The molecule has 0 saturated heterocycles. The van der Waals surface area contributed by atoms with Gasteiger partial charge in [0.25, 0.3) is 0 Å². The fraction of sp³-hybridized carbons (Fsp3) is 0.455. The minimum absolute atomic E-state index is 0.0470.